The van der Waals surface area contributed by atoms with Gasteiger partial charge in [-0.2, -0.15) is 9.29 Å². The lowest BCUT2D eigenvalue weighted by Gasteiger charge is -2.38. The Labute approximate surface area is 264 Å². The van der Waals surface area contributed by atoms with Crippen LogP contribution in [0.4, 0.5) is 27.1 Å². The number of aliphatic carboxylic acids is 1. The number of rotatable bonds is 8. The third-order valence-corrected chi connectivity index (χ3v) is 9.80. The van der Waals surface area contributed by atoms with E-state index in [2.05, 4.69) is 19.7 Å². The average Bonchev–Trinajstić information content (AvgIpc) is 3.44. The van der Waals surface area contributed by atoms with Crippen molar-refractivity contribution in [3.8, 4) is 5.75 Å². The van der Waals surface area contributed by atoms with Crippen molar-refractivity contribution < 1.29 is 45.0 Å². The molecule has 248 valence electrons. The van der Waals surface area contributed by atoms with E-state index in [9.17, 15) is 40.3 Å². The van der Waals surface area contributed by atoms with Crippen molar-refractivity contribution in [1.29, 1.82) is 0 Å². The van der Waals surface area contributed by atoms with Gasteiger partial charge in [0, 0.05) is 31.6 Å². The Morgan fingerprint density at radius 2 is 1.72 bits per heavy atom. The second kappa shape index (κ2) is 13.8. The van der Waals surface area contributed by atoms with Crippen LogP contribution in [-0.2, 0) is 27.3 Å². The van der Waals surface area contributed by atoms with Gasteiger partial charge in [-0.15, -0.1) is 19.7 Å². The highest BCUT2D eigenvalue weighted by Crippen LogP contribution is 2.32. The van der Waals surface area contributed by atoms with Gasteiger partial charge in [-0.1, -0.05) is 48.1 Å². The third-order valence-electron chi connectivity index (χ3n) is 6.83. The summed E-state index contributed by atoms with van der Waals surface area (Å²) >= 11 is 1.26. The van der Waals surface area contributed by atoms with Crippen LogP contribution in [0.5, 0.6) is 5.75 Å². The molecule has 1 aliphatic rings. The molecule has 0 amide bonds. The van der Waals surface area contributed by atoms with Crippen LogP contribution in [0, 0.1) is 6.92 Å². The molecule has 0 radical (unpaired) electrons. The number of carbonyl (C=O) groups is 1. The Kier molecular flexibility index (Phi) is 10.4. The lowest BCUT2D eigenvalue weighted by Crippen LogP contribution is -2.58. The number of halogens is 5. The number of aryl methyl sites for hydroxylation is 1. The summed E-state index contributed by atoms with van der Waals surface area (Å²) < 4.78 is 94.6. The molecule has 18 heteroatoms. The predicted octanol–water partition coefficient (Wildman–Crippen LogP) is 6.00. The molecule has 1 atom stereocenters. The normalized spacial score (nSPS) is 16.2. The maximum atomic E-state index is 13.1. The van der Waals surface area contributed by atoms with Crippen LogP contribution < -0.4 is 9.64 Å². The van der Waals surface area contributed by atoms with Crippen LogP contribution in [0.15, 0.2) is 59.6 Å². The average molecular weight is 688 g/mol. The lowest BCUT2D eigenvalue weighted by molar-refractivity contribution is -0.274. The van der Waals surface area contributed by atoms with Gasteiger partial charge in [0.05, 0.1) is 15.8 Å². The van der Waals surface area contributed by atoms with Gasteiger partial charge < -0.3 is 20.5 Å². The van der Waals surface area contributed by atoms with E-state index in [0.29, 0.717) is 21.3 Å². The minimum atomic E-state index is -4.92. The quantitative estimate of drug-likeness (QED) is 0.220. The molecule has 11 nitrogen and oxygen atoms in total. The van der Waals surface area contributed by atoms with Crippen molar-refractivity contribution in [2.24, 2.45) is 0 Å². The number of aromatic nitrogens is 3. The number of nitrogens with one attached hydrogen (secondary N) is 1. The van der Waals surface area contributed by atoms with E-state index >= 15 is 0 Å². The highest BCUT2D eigenvalue weighted by atomic mass is 32.2. The van der Waals surface area contributed by atoms with E-state index in [1.54, 1.807) is 30.2 Å². The van der Waals surface area contributed by atoms with Gasteiger partial charge in [-0.3, -0.25) is 4.79 Å². The second-order valence-electron chi connectivity index (χ2n) is 9.97. The summed E-state index contributed by atoms with van der Waals surface area (Å²) in [5.74, 6) is -4.15. The Hall–Kier alpha value is -4.00. The SMILES string of the molecule is CCC(F)(F)c1ccc(C[NH-])cc1.Cc1ncc2sc(N3CCN(S(=O)(=O)c4ccc(OC(F)(F)F)cc4)[C@@H](C(=O)O)C3)nc2n1. The van der Waals surface area contributed by atoms with Gasteiger partial charge >= 0.3 is 12.3 Å². The largest absolute Gasteiger partial charge is 0.674 e. The fourth-order valence-corrected chi connectivity index (χ4v) is 6.87. The Morgan fingerprint density at radius 1 is 1.07 bits per heavy atom. The minimum absolute atomic E-state index is 0.0344. The van der Waals surface area contributed by atoms with E-state index in [1.807, 2.05) is 0 Å². The molecule has 0 unspecified atom stereocenters. The molecule has 4 aromatic rings. The number of hydrogen-bond donors (Lipinski definition) is 1. The van der Waals surface area contributed by atoms with Crippen molar-refractivity contribution in [1.82, 2.24) is 19.3 Å². The highest BCUT2D eigenvalue weighted by molar-refractivity contribution is 7.89. The third kappa shape index (κ3) is 8.23. The van der Waals surface area contributed by atoms with Gasteiger partial charge in [-0.25, -0.2) is 27.2 Å². The van der Waals surface area contributed by atoms with Gasteiger partial charge in [-0.05, 0) is 31.2 Å². The summed E-state index contributed by atoms with van der Waals surface area (Å²) in [5, 5.41) is 10.2. The number of fused-ring (bicyclic) bond motifs is 1. The Bertz CT molecular complexity index is 1770. The van der Waals surface area contributed by atoms with E-state index in [1.165, 1.54) is 30.4 Å². The number of alkyl halides is 5. The van der Waals surface area contributed by atoms with Crippen molar-refractivity contribution in [3.05, 3.63) is 77.4 Å². The first-order valence-corrected chi connectivity index (χ1v) is 15.9. The van der Waals surface area contributed by atoms with Crippen molar-refractivity contribution >= 4 is 42.8 Å². The van der Waals surface area contributed by atoms with Gasteiger partial charge in [0.1, 0.15) is 17.6 Å². The van der Waals surface area contributed by atoms with Crippen LogP contribution >= 0.6 is 11.3 Å². The smallest absolute Gasteiger partial charge is 0.573 e. The fraction of sp³-hybridized carbons (Fsp3) is 0.357. The molecule has 2 aromatic carbocycles. The monoisotopic (exact) mass is 687 g/mol. The zero-order valence-electron chi connectivity index (χ0n) is 24.3. The number of ether oxygens (including phenoxy) is 1. The molecular formula is C28H28F5N6O5S2-. The van der Waals surface area contributed by atoms with E-state index in [0.717, 1.165) is 34.1 Å². The molecular weight excluding hydrogens is 659 g/mol. The van der Waals surface area contributed by atoms with Crippen LogP contribution in [0.3, 0.4) is 0 Å². The molecule has 5 rings (SSSR count). The second-order valence-corrected chi connectivity index (χ2v) is 12.9. The van der Waals surface area contributed by atoms with Gasteiger partial charge in [0.2, 0.25) is 10.0 Å². The number of carboxylic acid groups (broad SMARTS) is 1. The number of carboxylic acids is 1. The Morgan fingerprint density at radius 3 is 2.28 bits per heavy atom. The molecule has 0 bridgehead atoms. The molecule has 46 heavy (non-hydrogen) atoms. The zero-order valence-corrected chi connectivity index (χ0v) is 26.0. The maximum absolute atomic E-state index is 13.1. The highest BCUT2D eigenvalue weighted by Gasteiger charge is 2.41. The van der Waals surface area contributed by atoms with E-state index in [4.69, 9.17) is 5.73 Å². The molecule has 0 saturated carbocycles. The summed E-state index contributed by atoms with van der Waals surface area (Å²) in [5.41, 5.74) is 8.29. The number of sulfonamides is 1. The summed E-state index contributed by atoms with van der Waals surface area (Å²) in [7, 11) is -4.30. The molecule has 1 saturated heterocycles. The summed E-state index contributed by atoms with van der Waals surface area (Å²) in [4.78, 5) is 26.0. The summed E-state index contributed by atoms with van der Waals surface area (Å²) in [6.07, 6.45) is -3.50. The van der Waals surface area contributed by atoms with Crippen molar-refractivity contribution in [3.63, 3.8) is 0 Å². The van der Waals surface area contributed by atoms with E-state index in [-0.39, 0.29) is 43.1 Å². The van der Waals surface area contributed by atoms with Gasteiger partial charge in [0.15, 0.2) is 10.8 Å². The fourth-order valence-electron chi connectivity index (χ4n) is 4.39. The minimum Gasteiger partial charge on any atom is -0.674 e. The number of thiazole rings is 1. The van der Waals surface area contributed by atoms with E-state index < -0.39 is 40.1 Å². The first kappa shape index (κ1) is 34.9. The number of benzene rings is 2. The van der Waals surface area contributed by atoms with Crippen LogP contribution in [0.1, 0.15) is 30.3 Å². The van der Waals surface area contributed by atoms with Crippen molar-refractivity contribution in [2.45, 2.75) is 50.0 Å². The van der Waals surface area contributed by atoms with Crippen LogP contribution in [-0.4, -0.2) is 70.8 Å². The maximum Gasteiger partial charge on any atom is 0.573 e. The van der Waals surface area contributed by atoms with Crippen molar-refractivity contribution in [2.75, 3.05) is 24.5 Å². The topological polar surface area (TPSA) is 150 Å². The molecule has 1 aliphatic heterocycles. The molecule has 2 aromatic heterocycles. The molecule has 0 aliphatic carbocycles. The first-order valence-electron chi connectivity index (χ1n) is 13.6. The summed E-state index contributed by atoms with van der Waals surface area (Å²) in [6, 6.07) is 8.10. The van der Waals surface area contributed by atoms with Crippen LogP contribution in [0.2, 0.25) is 0 Å². The zero-order chi connectivity index (χ0) is 33.9. The van der Waals surface area contributed by atoms with Crippen LogP contribution in [0.25, 0.3) is 16.1 Å². The molecule has 2 N–H and O–H groups in total. The van der Waals surface area contributed by atoms with Gasteiger partial charge in [0.25, 0.3) is 5.92 Å². The number of anilines is 1. The molecule has 0 spiro atoms. The lowest BCUT2D eigenvalue weighted by atomic mass is 10.0. The molecule has 3 heterocycles. The summed E-state index contributed by atoms with van der Waals surface area (Å²) in [6.45, 7) is 3.13. The number of piperazine rings is 1. The standard InChI is InChI=1S/C18H16F3N5O5S2.C10H12F2N/c1-10-22-8-14-15(23-10)24-17(32-14)25-6-7-26(13(9-25)16(27)28)33(29,30)12-4-2-11(3-5-12)31-18(19,20)21;1-2-10(11,12)9-5-3-8(7-13)4-6-9/h2-5,8,13H,6-7,9H2,1H3,(H,27,28);3-6,13H,2,7H2,1H3/q;-1/t13-;/m1./s1. The Balaban J connectivity index is 0.000000310. The predicted molar refractivity (Wildman–Crippen MR) is 159 cm³/mol. The number of hydrogen-bond acceptors (Lipinski definition) is 9. The first-order chi connectivity index (χ1) is 21.5. The molecule has 1 fully saturated rings. The number of nitrogens with zero attached hydrogens (tertiary/aromatic N) is 5.